The molecule has 1 rings (SSSR count). The van der Waals surface area contributed by atoms with Crippen LogP contribution in [0.25, 0.3) is 0 Å². The first-order chi connectivity index (χ1) is 8.19. The Bertz CT molecular complexity index is 373. The summed E-state index contributed by atoms with van der Waals surface area (Å²) in [7, 11) is 0. The molecular formula is C15H21NO. The molecule has 0 N–H and O–H groups in total. The van der Waals surface area contributed by atoms with Gasteiger partial charge in [0.05, 0.1) is 0 Å². The summed E-state index contributed by atoms with van der Waals surface area (Å²) in [6.07, 6.45) is 4.94. The van der Waals surface area contributed by atoms with E-state index in [2.05, 4.69) is 13.5 Å². The third-order valence-electron chi connectivity index (χ3n) is 3.01. The number of carbonyl (C=O) groups is 1. The van der Waals surface area contributed by atoms with Crippen molar-refractivity contribution in [3.8, 4) is 0 Å². The molecule has 92 valence electrons. The van der Waals surface area contributed by atoms with E-state index < -0.39 is 0 Å². The van der Waals surface area contributed by atoms with E-state index in [1.165, 1.54) is 0 Å². The number of amides is 1. The van der Waals surface area contributed by atoms with Crippen molar-refractivity contribution >= 4 is 12.1 Å². The van der Waals surface area contributed by atoms with Gasteiger partial charge in [0.25, 0.3) is 0 Å². The summed E-state index contributed by atoms with van der Waals surface area (Å²) in [6, 6.07) is 7.96. The SMILES string of the molecule is C=CC(C)CCCN(C=O)c1ccccc1C. The standard InChI is InChI=1S/C15H21NO/c1-4-13(2)8-7-11-16(12-17)15-10-6-5-9-14(15)3/h4-6,9-10,12-13H,1,7-8,11H2,2-3H3. The smallest absolute Gasteiger partial charge is 0.214 e. The Labute approximate surface area is 104 Å². The summed E-state index contributed by atoms with van der Waals surface area (Å²) in [5, 5.41) is 0. The number of benzene rings is 1. The zero-order chi connectivity index (χ0) is 12.7. The molecule has 0 aliphatic carbocycles. The molecule has 0 aliphatic heterocycles. The molecule has 0 aliphatic rings. The average molecular weight is 231 g/mol. The fourth-order valence-corrected chi connectivity index (χ4v) is 1.82. The topological polar surface area (TPSA) is 20.3 Å². The van der Waals surface area contributed by atoms with Crippen molar-refractivity contribution in [3.63, 3.8) is 0 Å². The van der Waals surface area contributed by atoms with Gasteiger partial charge < -0.3 is 4.90 Å². The van der Waals surface area contributed by atoms with Crippen molar-refractivity contribution in [3.05, 3.63) is 42.5 Å². The van der Waals surface area contributed by atoms with Gasteiger partial charge in [-0.1, -0.05) is 31.2 Å². The number of rotatable bonds is 7. The predicted molar refractivity (Wildman–Crippen MR) is 73.2 cm³/mol. The van der Waals surface area contributed by atoms with Crippen molar-refractivity contribution < 1.29 is 4.79 Å². The van der Waals surface area contributed by atoms with Crippen molar-refractivity contribution in [2.75, 3.05) is 11.4 Å². The highest BCUT2D eigenvalue weighted by atomic mass is 16.1. The van der Waals surface area contributed by atoms with Crippen LogP contribution in [0.3, 0.4) is 0 Å². The van der Waals surface area contributed by atoms with E-state index in [1.54, 1.807) is 4.90 Å². The first-order valence-corrected chi connectivity index (χ1v) is 6.09. The third kappa shape index (κ3) is 4.06. The van der Waals surface area contributed by atoms with Crippen LogP contribution < -0.4 is 4.90 Å². The van der Waals surface area contributed by atoms with Crippen molar-refractivity contribution in [2.24, 2.45) is 5.92 Å². The monoisotopic (exact) mass is 231 g/mol. The average Bonchev–Trinajstić information content (AvgIpc) is 2.35. The van der Waals surface area contributed by atoms with Gasteiger partial charge in [0.2, 0.25) is 6.41 Å². The Kier molecular flexibility index (Phi) is 5.47. The Morgan fingerprint density at radius 3 is 2.71 bits per heavy atom. The summed E-state index contributed by atoms with van der Waals surface area (Å²) in [6.45, 7) is 8.71. The quantitative estimate of drug-likeness (QED) is 0.519. The van der Waals surface area contributed by atoms with Gasteiger partial charge in [-0.3, -0.25) is 4.79 Å². The Morgan fingerprint density at radius 1 is 1.41 bits per heavy atom. The van der Waals surface area contributed by atoms with Gasteiger partial charge in [0.1, 0.15) is 0 Å². The van der Waals surface area contributed by atoms with Gasteiger partial charge >= 0.3 is 0 Å². The van der Waals surface area contributed by atoms with E-state index in [0.717, 1.165) is 37.0 Å². The van der Waals surface area contributed by atoms with Gasteiger partial charge in [-0.15, -0.1) is 6.58 Å². The minimum absolute atomic E-state index is 0.514. The minimum Gasteiger partial charge on any atom is -0.315 e. The second-order valence-electron chi connectivity index (χ2n) is 4.44. The van der Waals surface area contributed by atoms with Crippen LogP contribution in [-0.2, 0) is 4.79 Å². The number of carbonyl (C=O) groups excluding carboxylic acids is 1. The van der Waals surface area contributed by atoms with E-state index in [-0.39, 0.29) is 0 Å². The van der Waals surface area contributed by atoms with Crippen LogP contribution in [0.4, 0.5) is 5.69 Å². The molecule has 17 heavy (non-hydrogen) atoms. The molecule has 0 bridgehead atoms. The number of anilines is 1. The number of nitrogens with zero attached hydrogens (tertiary/aromatic N) is 1. The Balaban J connectivity index is 2.57. The molecule has 0 heterocycles. The molecule has 0 radical (unpaired) electrons. The lowest BCUT2D eigenvalue weighted by atomic mass is 10.1. The molecular weight excluding hydrogens is 210 g/mol. The van der Waals surface area contributed by atoms with Gasteiger partial charge in [-0.25, -0.2) is 0 Å². The Morgan fingerprint density at radius 2 is 2.12 bits per heavy atom. The number of aryl methyl sites for hydroxylation is 1. The zero-order valence-corrected chi connectivity index (χ0v) is 10.7. The van der Waals surface area contributed by atoms with Crippen LogP contribution in [0, 0.1) is 12.8 Å². The van der Waals surface area contributed by atoms with Crippen molar-refractivity contribution in [2.45, 2.75) is 26.7 Å². The van der Waals surface area contributed by atoms with Crippen molar-refractivity contribution in [1.82, 2.24) is 0 Å². The molecule has 1 amide bonds. The molecule has 0 aromatic heterocycles. The second kappa shape index (κ2) is 6.89. The van der Waals surface area contributed by atoms with Gasteiger partial charge in [-0.2, -0.15) is 0 Å². The largest absolute Gasteiger partial charge is 0.315 e. The van der Waals surface area contributed by atoms with Gasteiger partial charge in [0, 0.05) is 12.2 Å². The lowest BCUT2D eigenvalue weighted by molar-refractivity contribution is -0.107. The summed E-state index contributed by atoms with van der Waals surface area (Å²) in [4.78, 5) is 12.9. The van der Waals surface area contributed by atoms with E-state index in [0.29, 0.717) is 5.92 Å². The van der Waals surface area contributed by atoms with Crippen LogP contribution in [0.2, 0.25) is 0 Å². The predicted octanol–water partition coefficient (Wildman–Crippen LogP) is 3.56. The highest BCUT2D eigenvalue weighted by molar-refractivity contribution is 5.76. The maximum atomic E-state index is 11.1. The van der Waals surface area contributed by atoms with E-state index in [9.17, 15) is 4.79 Å². The lowest BCUT2D eigenvalue weighted by Crippen LogP contribution is -2.23. The van der Waals surface area contributed by atoms with E-state index in [4.69, 9.17) is 0 Å². The molecule has 0 saturated heterocycles. The maximum Gasteiger partial charge on any atom is 0.214 e. The van der Waals surface area contributed by atoms with Crippen LogP contribution >= 0.6 is 0 Å². The van der Waals surface area contributed by atoms with E-state index >= 15 is 0 Å². The first kappa shape index (κ1) is 13.5. The molecule has 0 saturated carbocycles. The molecule has 2 nitrogen and oxygen atoms in total. The summed E-state index contributed by atoms with van der Waals surface area (Å²) in [5.74, 6) is 0.514. The molecule has 1 aromatic carbocycles. The second-order valence-corrected chi connectivity index (χ2v) is 4.44. The van der Waals surface area contributed by atoms with E-state index in [1.807, 2.05) is 37.3 Å². The van der Waals surface area contributed by atoms with Crippen LogP contribution in [0.15, 0.2) is 36.9 Å². The highest BCUT2D eigenvalue weighted by Crippen LogP contribution is 2.19. The molecule has 1 unspecified atom stereocenters. The number of para-hydroxylation sites is 1. The fraction of sp³-hybridized carbons (Fsp3) is 0.400. The summed E-state index contributed by atoms with van der Waals surface area (Å²) < 4.78 is 0. The molecule has 1 atom stereocenters. The van der Waals surface area contributed by atoms with Crippen LogP contribution in [0.1, 0.15) is 25.3 Å². The van der Waals surface area contributed by atoms with Gasteiger partial charge in [0.15, 0.2) is 0 Å². The minimum atomic E-state index is 0.514. The van der Waals surface area contributed by atoms with Crippen molar-refractivity contribution in [1.29, 1.82) is 0 Å². The lowest BCUT2D eigenvalue weighted by Gasteiger charge is -2.20. The zero-order valence-electron chi connectivity index (χ0n) is 10.7. The maximum absolute atomic E-state index is 11.1. The number of allylic oxidation sites excluding steroid dienone is 1. The third-order valence-corrected chi connectivity index (χ3v) is 3.01. The first-order valence-electron chi connectivity index (χ1n) is 6.09. The molecule has 2 heteroatoms. The Hall–Kier alpha value is -1.57. The van der Waals surface area contributed by atoms with Gasteiger partial charge in [-0.05, 0) is 37.3 Å². The molecule has 0 fully saturated rings. The number of hydrogen-bond acceptors (Lipinski definition) is 1. The summed E-state index contributed by atoms with van der Waals surface area (Å²) in [5.41, 5.74) is 2.14. The molecule has 0 spiro atoms. The highest BCUT2D eigenvalue weighted by Gasteiger charge is 2.07. The number of hydrogen-bond donors (Lipinski definition) is 0. The van der Waals surface area contributed by atoms with Crippen LogP contribution in [-0.4, -0.2) is 13.0 Å². The summed E-state index contributed by atoms with van der Waals surface area (Å²) >= 11 is 0. The fourth-order valence-electron chi connectivity index (χ4n) is 1.82. The molecule has 1 aromatic rings. The van der Waals surface area contributed by atoms with Crippen LogP contribution in [0.5, 0.6) is 0 Å². The normalized spacial score (nSPS) is 11.9.